The van der Waals surface area contributed by atoms with Gasteiger partial charge in [0.25, 0.3) is 11.8 Å². The Morgan fingerprint density at radius 3 is 2.19 bits per heavy atom. The number of hydrogen-bond acceptors (Lipinski definition) is 6. The summed E-state index contributed by atoms with van der Waals surface area (Å²) in [4.78, 5) is 37.9. The van der Waals surface area contributed by atoms with Gasteiger partial charge in [0.05, 0.1) is 14.2 Å². The molecule has 1 aromatic rings. The number of hydrogen-bond donors (Lipinski definition) is 1. The molecule has 1 fully saturated rings. The van der Waals surface area contributed by atoms with Crippen LogP contribution >= 0.6 is 0 Å². The van der Waals surface area contributed by atoms with Crippen molar-refractivity contribution in [2.75, 3.05) is 33.9 Å². The lowest BCUT2D eigenvalue weighted by molar-refractivity contribution is -0.157. The van der Waals surface area contributed by atoms with E-state index in [1.807, 2.05) is 0 Å². The molecule has 0 radical (unpaired) electrons. The maximum atomic E-state index is 12.2. The van der Waals surface area contributed by atoms with Crippen LogP contribution in [0.2, 0.25) is 0 Å². The number of methoxy groups -OCH3 is 2. The summed E-state index contributed by atoms with van der Waals surface area (Å²) in [5.74, 6) is -0.436. The van der Waals surface area contributed by atoms with Gasteiger partial charge in [-0.3, -0.25) is 14.4 Å². The first-order valence-electron chi connectivity index (χ1n) is 8.44. The van der Waals surface area contributed by atoms with Gasteiger partial charge in [0.15, 0.2) is 6.10 Å². The molecule has 0 bridgehead atoms. The molecule has 1 aromatic carbocycles. The number of carbonyl (C=O) groups is 3. The summed E-state index contributed by atoms with van der Waals surface area (Å²) in [5, 5.41) is 2.47. The number of ether oxygens (including phenoxy) is 3. The molecular weight excluding hydrogens is 340 g/mol. The highest BCUT2D eigenvalue weighted by molar-refractivity contribution is 5.97. The maximum absolute atomic E-state index is 12.2. The number of rotatable bonds is 7. The zero-order valence-electron chi connectivity index (χ0n) is 15.2. The fraction of sp³-hybridized carbons (Fsp3) is 0.500. The molecule has 8 heteroatoms. The van der Waals surface area contributed by atoms with Crippen molar-refractivity contribution in [3.63, 3.8) is 0 Å². The van der Waals surface area contributed by atoms with E-state index < -0.39 is 18.0 Å². The minimum atomic E-state index is -0.866. The van der Waals surface area contributed by atoms with Crippen LogP contribution in [0.15, 0.2) is 18.2 Å². The lowest BCUT2D eigenvalue weighted by atomic mass is 10.2. The summed E-state index contributed by atoms with van der Waals surface area (Å²) in [6.45, 7) is 2.58. The van der Waals surface area contributed by atoms with Crippen LogP contribution < -0.4 is 14.8 Å². The molecule has 142 valence electrons. The second-order valence-electron chi connectivity index (χ2n) is 5.95. The van der Waals surface area contributed by atoms with Crippen LogP contribution in [-0.4, -0.2) is 62.6 Å². The van der Waals surface area contributed by atoms with Crippen molar-refractivity contribution in [1.29, 1.82) is 0 Å². The van der Waals surface area contributed by atoms with E-state index in [0.29, 0.717) is 24.6 Å². The third-order valence-electron chi connectivity index (χ3n) is 4.08. The van der Waals surface area contributed by atoms with Gasteiger partial charge >= 0.3 is 5.97 Å². The standard InChI is InChI=1S/C18H24N2O6/c1-12(18(23)20-6-4-5-7-20)26-16(21)11-19-17(22)13-8-14(24-2)10-15(9-13)25-3/h8-10,12H,4-7,11H2,1-3H3,(H,19,22)/t12-/m1/s1. The van der Waals surface area contributed by atoms with Crippen LogP contribution in [0.1, 0.15) is 30.1 Å². The Morgan fingerprint density at radius 2 is 1.65 bits per heavy atom. The number of amides is 2. The van der Waals surface area contributed by atoms with E-state index >= 15 is 0 Å². The molecule has 1 atom stereocenters. The van der Waals surface area contributed by atoms with E-state index in [1.165, 1.54) is 33.3 Å². The second-order valence-corrected chi connectivity index (χ2v) is 5.95. The molecule has 2 rings (SSSR count). The fourth-order valence-corrected chi connectivity index (χ4v) is 2.68. The first-order chi connectivity index (χ1) is 12.4. The van der Waals surface area contributed by atoms with Gasteiger partial charge in [-0.1, -0.05) is 0 Å². The zero-order chi connectivity index (χ0) is 19.1. The number of esters is 1. The monoisotopic (exact) mass is 364 g/mol. The maximum Gasteiger partial charge on any atom is 0.326 e. The second kappa shape index (κ2) is 9.07. The Balaban J connectivity index is 1.86. The molecule has 0 aliphatic carbocycles. The van der Waals surface area contributed by atoms with Gasteiger partial charge in [0.1, 0.15) is 18.0 Å². The van der Waals surface area contributed by atoms with E-state index in [9.17, 15) is 14.4 Å². The van der Waals surface area contributed by atoms with Crippen molar-refractivity contribution in [2.24, 2.45) is 0 Å². The van der Waals surface area contributed by atoms with Gasteiger partial charge < -0.3 is 24.4 Å². The van der Waals surface area contributed by atoms with Crippen LogP contribution in [0.4, 0.5) is 0 Å². The van der Waals surface area contributed by atoms with Crippen LogP contribution in [0, 0.1) is 0 Å². The Morgan fingerprint density at radius 1 is 1.08 bits per heavy atom. The number of nitrogens with zero attached hydrogens (tertiary/aromatic N) is 1. The van der Waals surface area contributed by atoms with Crippen molar-refractivity contribution >= 4 is 17.8 Å². The highest BCUT2D eigenvalue weighted by atomic mass is 16.5. The molecular formula is C18H24N2O6. The van der Waals surface area contributed by atoms with E-state index in [1.54, 1.807) is 11.0 Å². The lowest BCUT2D eigenvalue weighted by Gasteiger charge is -2.20. The van der Waals surface area contributed by atoms with Crippen molar-refractivity contribution < 1.29 is 28.6 Å². The van der Waals surface area contributed by atoms with Crippen LogP contribution in [-0.2, 0) is 14.3 Å². The molecule has 1 aliphatic heterocycles. The minimum Gasteiger partial charge on any atom is -0.497 e. The largest absolute Gasteiger partial charge is 0.497 e. The number of nitrogens with one attached hydrogen (secondary N) is 1. The summed E-state index contributed by atoms with van der Waals surface area (Å²) < 4.78 is 15.3. The molecule has 26 heavy (non-hydrogen) atoms. The van der Waals surface area contributed by atoms with Gasteiger partial charge in [0, 0.05) is 24.7 Å². The smallest absolute Gasteiger partial charge is 0.326 e. The first kappa shape index (κ1) is 19.6. The minimum absolute atomic E-state index is 0.209. The number of benzene rings is 1. The fourth-order valence-electron chi connectivity index (χ4n) is 2.68. The molecule has 0 saturated carbocycles. The molecule has 8 nitrogen and oxygen atoms in total. The predicted octanol–water partition coefficient (Wildman–Crippen LogP) is 0.988. The highest BCUT2D eigenvalue weighted by Gasteiger charge is 2.26. The molecule has 0 spiro atoms. The number of likely N-dealkylation sites (tertiary alicyclic amines) is 1. The van der Waals surface area contributed by atoms with Gasteiger partial charge in [-0.15, -0.1) is 0 Å². The summed E-state index contributed by atoms with van der Waals surface area (Å²) >= 11 is 0. The Hall–Kier alpha value is -2.77. The van der Waals surface area contributed by atoms with Gasteiger partial charge in [-0.25, -0.2) is 0 Å². The third-order valence-corrected chi connectivity index (χ3v) is 4.08. The van der Waals surface area contributed by atoms with E-state index in [-0.39, 0.29) is 18.0 Å². The molecule has 0 aromatic heterocycles. The summed E-state index contributed by atoms with van der Waals surface area (Å²) in [6, 6.07) is 4.70. The van der Waals surface area contributed by atoms with Gasteiger partial charge in [0.2, 0.25) is 0 Å². The van der Waals surface area contributed by atoms with Crippen LogP contribution in [0.25, 0.3) is 0 Å². The Kier molecular flexibility index (Phi) is 6.82. The highest BCUT2D eigenvalue weighted by Crippen LogP contribution is 2.22. The quantitative estimate of drug-likeness (QED) is 0.725. The SMILES string of the molecule is COc1cc(OC)cc(C(=O)NCC(=O)O[C@H](C)C(=O)N2CCCC2)c1. The molecule has 2 amide bonds. The molecule has 1 saturated heterocycles. The van der Waals surface area contributed by atoms with Crippen molar-refractivity contribution in [1.82, 2.24) is 10.2 Å². The molecule has 1 heterocycles. The van der Waals surface area contributed by atoms with Crippen molar-refractivity contribution in [3.8, 4) is 11.5 Å². The molecule has 1 N–H and O–H groups in total. The summed E-state index contributed by atoms with van der Waals surface area (Å²) in [7, 11) is 2.96. The van der Waals surface area contributed by atoms with Gasteiger partial charge in [-0.05, 0) is 31.9 Å². The Labute approximate surface area is 152 Å². The normalized spacial score (nSPS) is 14.5. The van der Waals surface area contributed by atoms with E-state index in [0.717, 1.165) is 12.8 Å². The predicted molar refractivity (Wildman–Crippen MR) is 93.2 cm³/mol. The average Bonchev–Trinajstić information content (AvgIpc) is 3.19. The van der Waals surface area contributed by atoms with Crippen molar-refractivity contribution in [2.45, 2.75) is 25.9 Å². The molecule has 0 unspecified atom stereocenters. The summed E-state index contributed by atoms with van der Waals surface area (Å²) in [5.41, 5.74) is 0.287. The first-order valence-corrected chi connectivity index (χ1v) is 8.44. The summed E-state index contributed by atoms with van der Waals surface area (Å²) in [6.07, 6.45) is 1.06. The molecule has 1 aliphatic rings. The van der Waals surface area contributed by atoms with E-state index in [4.69, 9.17) is 14.2 Å². The zero-order valence-corrected chi connectivity index (χ0v) is 15.2. The van der Waals surface area contributed by atoms with Gasteiger partial charge in [-0.2, -0.15) is 0 Å². The van der Waals surface area contributed by atoms with E-state index in [2.05, 4.69) is 5.32 Å². The lowest BCUT2D eigenvalue weighted by Crippen LogP contribution is -2.40. The topological polar surface area (TPSA) is 94.2 Å². The average molecular weight is 364 g/mol. The number of carbonyl (C=O) groups excluding carboxylic acids is 3. The van der Waals surface area contributed by atoms with Crippen molar-refractivity contribution in [3.05, 3.63) is 23.8 Å². The Bertz CT molecular complexity index is 647. The van der Waals surface area contributed by atoms with Crippen LogP contribution in [0.5, 0.6) is 11.5 Å². The third kappa shape index (κ3) is 5.11. The van der Waals surface area contributed by atoms with Crippen LogP contribution in [0.3, 0.4) is 0 Å².